The molecule has 5 rings (SSSR count). The van der Waals surface area contributed by atoms with Crippen LogP contribution in [0.3, 0.4) is 0 Å². The van der Waals surface area contributed by atoms with Crippen LogP contribution in [0.1, 0.15) is 87.2 Å². The fourth-order valence-corrected chi connectivity index (χ4v) is 9.21. The Morgan fingerprint density at radius 1 is 1.17 bits per heavy atom. The van der Waals surface area contributed by atoms with Crippen LogP contribution in [0.25, 0.3) is 0 Å². The minimum atomic E-state index is -4.45. The number of nitrogens with one attached hydrogen (secondary N) is 2. The van der Waals surface area contributed by atoms with Gasteiger partial charge < -0.3 is 19.7 Å². The van der Waals surface area contributed by atoms with E-state index in [-0.39, 0.29) is 36.2 Å². The number of carbonyl (C=O) groups excluding carboxylic acids is 2. The van der Waals surface area contributed by atoms with Crippen LogP contribution in [0.5, 0.6) is 5.75 Å². The van der Waals surface area contributed by atoms with Gasteiger partial charge >= 0.3 is 6.18 Å². The number of halogens is 4. The monoisotopic (exact) mass is 781 g/mol. The molecular weight excluding hydrogens is 731 g/mol. The number of hydrogen-bond donors (Lipinski definition) is 2. The smallest absolute Gasteiger partial charge is 0.393 e. The summed E-state index contributed by atoms with van der Waals surface area (Å²) in [5.41, 5.74) is 1.87. The second-order valence-corrected chi connectivity index (χ2v) is 17.5. The van der Waals surface area contributed by atoms with Crippen LogP contribution in [-0.2, 0) is 26.0 Å². The lowest BCUT2D eigenvalue weighted by Crippen LogP contribution is -2.53. The molecular formula is C39H51ClF3N3O6S. The minimum absolute atomic E-state index is 0.00413. The van der Waals surface area contributed by atoms with Gasteiger partial charge in [0.2, 0.25) is 15.9 Å². The molecule has 2 N–H and O–H groups in total. The highest BCUT2D eigenvalue weighted by atomic mass is 35.5. The fourth-order valence-electron chi connectivity index (χ4n) is 7.73. The molecule has 0 radical (unpaired) electrons. The lowest BCUT2D eigenvalue weighted by molar-refractivity contribution is -0.169. The molecule has 292 valence electrons. The molecule has 1 fully saturated rings. The number of carbonyl (C=O) groups is 2. The van der Waals surface area contributed by atoms with Gasteiger partial charge in [-0.15, -0.1) is 0 Å². The molecule has 2 heterocycles. The number of aryl methyl sites for hydroxylation is 1. The van der Waals surface area contributed by atoms with Crippen molar-refractivity contribution in [2.45, 2.75) is 89.2 Å². The van der Waals surface area contributed by atoms with E-state index in [2.05, 4.69) is 21.9 Å². The zero-order chi connectivity index (χ0) is 38.7. The van der Waals surface area contributed by atoms with Gasteiger partial charge in [0.1, 0.15) is 5.75 Å². The zero-order valence-electron chi connectivity index (χ0n) is 31.0. The highest BCUT2D eigenvalue weighted by molar-refractivity contribution is 7.90. The van der Waals surface area contributed by atoms with Crippen LogP contribution < -0.4 is 19.7 Å². The average molecular weight is 782 g/mol. The predicted molar refractivity (Wildman–Crippen MR) is 200 cm³/mol. The van der Waals surface area contributed by atoms with Gasteiger partial charge in [-0.1, -0.05) is 57.0 Å². The number of hydrogen-bond acceptors (Lipinski definition) is 7. The van der Waals surface area contributed by atoms with Crippen molar-refractivity contribution in [3.8, 4) is 5.75 Å². The Hall–Kier alpha value is -3.29. The maximum atomic E-state index is 13.5. The number of benzene rings is 2. The number of ether oxygens (including phenoxy) is 2. The highest BCUT2D eigenvalue weighted by Gasteiger charge is 2.49. The summed E-state index contributed by atoms with van der Waals surface area (Å²) in [4.78, 5) is 29.0. The molecule has 0 aromatic heterocycles. The van der Waals surface area contributed by atoms with Gasteiger partial charge in [-0.2, -0.15) is 13.2 Å². The van der Waals surface area contributed by atoms with Gasteiger partial charge in [0.05, 0.1) is 35.5 Å². The SMILES string of the molecule is CCCc1cc(Cl)ccc1[C@@H]1COc2ccc3cc2N(C1)C[C@@H]1CC[C@H]1[C@@](CC(=O)NC[C@@H](C)C(F)(F)F)(OC)/C=C/C[C@H](C)[C@@H](C)S(=O)(=O)NC3=O. The largest absolute Gasteiger partial charge is 0.491 e. The van der Waals surface area contributed by atoms with Crippen molar-refractivity contribution in [2.24, 2.45) is 23.7 Å². The van der Waals surface area contributed by atoms with E-state index in [0.29, 0.717) is 42.6 Å². The molecule has 1 saturated carbocycles. The fraction of sp³-hybridized carbons (Fsp3) is 0.590. The first kappa shape index (κ1) is 40.9. The summed E-state index contributed by atoms with van der Waals surface area (Å²) in [5, 5.41) is 2.16. The minimum Gasteiger partial charge on any atom is -0.491 e. The maximum absolute atomic E-state index is 13.5. The van der Waals surface area contributed by atoms with Crippen LogP contribution in [0.4, 0.5) is 18.9 Å². The number of fused-ring (bicyclic) bond motifs is 2. The van der Waals surface area contributed by atoms with Crippen molar-refractivity contribution in [1.82, 2.24) is 10.0 Å². The van der Waals surface area contributed by atoms with Crippen LogP contribution in [-0.4, -0.2) is 70.6 Å². The molecule has 2 aromatic carbocycles. The van der Waals surface area contributed by atoms with Gasteiger partial charge in [0, 0.05) is 43.2 Å². The van der Waals surface area contributed by atoms with Crippen molar-refractivity contribution < 1.29 is 40.7 Å². The number of sulfonamides is 1. The average Bonchev–Trinajstić information content (AvgIpc) is 3.26. The predicted octanol–water partition coefficient (Wildman–Crippen LogP) is 7.44. The Morgan fingerprint density at radius 2 is 1.92 bits per heavy atom. The molecule has 0 saturated heterocycles. The quantitative estimate of drug-likeness (QED) is 0.268. The maximum Gasteiger partial charge on any atom is 0.393 e. The summed E-state index contributed by atoms with van der Waals surface area (Å²) in [6, 6.07) is 10.8. The Morgan fingerprint density at radius 3 is 2.58 bits per heavy atom. The van der Waals surface area contributed by atoms with Crippen LogP contribution in [0, 0.1) is 23.7 Å². The molecule has 0 unspecified atom stereocenters. The summed E-state index contributed by atoms with van der Waals surface area (Å²) in [6.07, 6.45) is 2.47. The van der Waals surface area contributed by atoms with Crippen molar-refractivity contribution in [2.75, 3.05) is 38.3 Å². The lowest BCUT2D eigenvalue weighted by Gasteiger charge is -2.49. The molecule has 14 heteroatoms. The topological polar surface area (TPSA) is 114 Å². The van der Waals surface area contributed by atoms with E-state index in [9.17, 15) is 31.2 Å². The first-order valence-electron chi connectivity index (χ1n) is 18.4. The normalized spacial score (nSPS) is 28.7. The third-order valence-electron chi connectivity index (χ3n) is 11.4. The first-order valence-corrected chi connectivity index (χ1v) is 20.3. The van der Waals surface area contributed by atoms with E-state index >= 15 is 0 Å². The number of rotatable bonds is 8. The molecule has 2 bridgehead atoms. The molecule has 9 nitrogen and oxygen atoms in total. The Labute approximate surface area is 316 Å². The molecule has 7 atom stereocenters. The number of nitrogens with zero attached hydrogens (tertiary/aromatic N) is 1. The number of amides is 2. The molecule has 2 amide bonds. The molecule has 2 aromatic rings. The third kappa shape index (κ3) is 9.33. The summed E-state index contributed by atoms with van der Waals surface area (Å²) in [7, 11) is -2.60. The molecule has 2 aliphatic heterocycles. The van der Waals surface area contributed by atoms with Crippen LogP contribution in [0.2, 0.25) is 5.02 Å². The van der Waals surface area contributed by atoms with E-state index < -0.39 is 57.2 Å². The van der Waals surface area contributed by atoms with Crippen molar-refractivity contribution in [3.63, 3.8) is 0 Å². The van der Waals surface area contributed by atoms with E-state index in [1.54, 1.807) is 37.3 Å². The molecule has 53 heavy (non-hydrogen) atoms. The van der Waals surface area contributed by atoms with Crippen molar-refractivity contribution in [1.29, 1.82) is 0 Å². The third-order valence-corrected chi connectivity index (χ3v) is 13.6. The number of anilines is 1. The van der Waals surface area contributed by atoms with Gasteiger partial charge in [-0.3, -0.25) is 9.59 Å². The first-order chi connectivity index (χ1) is 25.0. The van der Waals surface area contributed by atoms with Gasteiger partial charge in [-0.25, -0.2) is 13.1 Å². The highest BCUT2D eigenvalue weighted by Crippen LogP contribution is 2.48. The second-order valence-electron chi connectivity index (χ2n) is 15.0. The van der Waals surface area contributed by atoms with Gasteiger partial charge in [0.25, 0.3) is 5.91 Å². The van der Waals surface area contributed by atoms with Crippen molar-refractivity contribution in [3.05, 3.63) is 70.3 Å². The number of methoxy groups -OCH3 is 1. The Bertz CT molecular complexity index is 1790. The number of alkyl halides is 3. The van der Waals surface area contributed by atoms with Crippen LogP contribution in [0.15, 0.2) is 48.6 Å². The number of allylic oxidation sites excluding steroid dienone is 1. The van der Waals surface area contributed by atoms with Crippen LogP contribution >= 0.6 is 11.6 Å². The molecule has 1 aliphatic carbocycles. The zero-order valence-corrected chi connectivity index (χ0v) is 32.5. The standard InChI is InChI=1S/C39H51ClF3N3O6S/c1-6-8-27-17-31(40)12-13-32(27)30-22-46-21-29-10-14-33(29)38(51-5,19-36(47)44-20-25(3)39(41,42)43)16-7-9-24(2)26(4)53(49,50)45-37(48)28-11-15-35(52-23-30)34(46)18-28/h7,11-13,15-18,24-26,29-30,33H,6,8-10,14,19-23H2,1-5H3,(H,44,47)(H,45,48)/b16-7+/t24-,25+,26+,29-,30-,33+,38+/m0/s1. The van der Waals surface area contributed by atoms with Gasteiger partial charge in [-0.05, 0) is 91.8 Å². The Kier molecular flexibility index (Phi) is 12.8. The molecule has 0 spiro atoms. The van der Waals surface area contributed by atoms with Crippen molar-refractivity contribution >= 4 is 39.1 Å². The Balaban J connectivity index is 1.56. The summed E-state index contributed by atoms with van der Waals surface area (Å²) >= 11 is 6.42. The van der Waals surface area contributed by atoms with Gasteiger partial charge in [0.15, 0.2) is 0 Å². The second kappa shape index (κ2) is 16.6. The van der Waals surface area contributed by atoms with E-state index in [1.165, 1.54) is 14.0 Å². The lowest BCUT2D eigenvalue weighted by atomic mass is 9.63. The summed E-state index contributed by atoms with van der Waals surface area (Å²) < 4.78 is 81.6. The van der Waals surface area contributed by atoms with E-state index in [0.717, 1.165) is 37.3 Å². The van der Waals surface area contributed by atoms with E-state index in [4.69, 9.17) is 21.1 Å². The molecule has 3 aliphatic rings. The summed E-state index contributed by atoms with van der Waals surface area (Å²) in [6.45, 7) is 7.23. The summed E-state index contributed by atoms with van der Waals surface area (Å²) in [5.74, 6) is -3.19. The van der Waals surface area contributed by atoms with E-state index in [1.807, 2.05) is 18.2 Å².